The van der Waals surface area contributed by atoms with E-state index in [0.717, 1.165) is 4.57 Å². The topological polar surface area (TPSA) is 55.4 Å². The van der Waals surface area contributed by atoms with Gasteiger partial charge in [-0.15, -0.1) is 0 Å². The van der Waals surface area contributed by atoms with Gasteiger partial charge < -0.3 is 9.52 Å². The maximum absolute atomic E-state index is 13.5. The molecule has 0 saturated heterocycles. The molecule has 1 aromatic heterocycles. The molecule has 1 heterocycles. The Labute approximate surface area is 95.1 Å². The van der Waals surface area contributed by atoms with Crippen molar-refractivity contribution in [1.29, 1.82) is 0 Å². The van der Waals surface area contributed by atoms with Crippen LogP contribution in [0.4, 0.5) is 8.78 Å². The summed E-state index contributed by atoms with van der Waals surface area (Å²) >= 11 is 0. The lowest BCUT2D eigenvalue weighted by atomic mass is 10.1. The molecule has 0 spiro atoms. The Morgan fingerprint density at radius 1 is 1.47 bits per heavy atom. The smallest absolute Gasteiger partial charge is 0.408 e. The summed E-state index contributed by atoms with van der Waals surface area (Å²) in [6.45, 7) is -0.602. The van der Waals surface area contributed by atoms with E-state index >= 15 is 0 Å². The van der Waals surface area contributed by atoms with Gasteiger partial charge in [-0.1, -0.05) is 0 Å². The highest BCUT2D eigenvalue weighted by Gasteiger charge is 2.31. The first-order valence-electron chi connectivity index (χ1n) is 5.04. The summed E-state index contributed by atoms with van der Waals surface area (Å²) in [6.07, 6.45) is -0.649. The van der Waals surface area contributed by atoms with Gasteiger partial charge in [-0.3, -0.25) is 4.57 Å². The Morgan fingerprint density at radius 2 is 2.18 bits per heavy atom. The van der Waals surface area contributed by atoms with Crippen molar-refractivity contribution in [3.8, 4) is 0 Å². The third-order valence-corrected chi connectivity index (χ3v) is 2.64. The lowest BCUT2D eigenvalue weighted by Crippen LogP contribution is -2.15. The van der Waals surface area contributed by atoms with Gasteiger partial charge in [-0.2, -0.15) is 0 Å². The summed E-state index contributed by atoms with van der Waals surface area (Å²) in [7, 11) is 1.45. The summed E-state index contributed by atoms with van der Waals surface area (Å²) in [5, 5.41) is 8.58. The fourth-order valence-corrected chi connectivity index (χ4v) is 1.64. The first kappa shape index (κ1) is 11.8. The molecule has 1 N–H and O–H groups in total. The second-order valence-electron chi connectivity index (χ2n) is 3.79. The fraction of sp³-hybridized carbons (Fsp3) is 0.364. The maximum atomic E-state index is 13.5. The van der Waals surface area contributed by atoms with E-state index in [1.54, 1.807) is 0 Å². The van der Waals surface area contributed by atoms with Crippen LogP contribution in [0.1, 0.15) is 12.0 Å². The molecular formula is C11H11F2NO3. The maximum Gasteiger partial charge on any atom is 0.419 e. The van der Waals surface area contributed by atoms with Gasteiger partial charge in [0.05, 0.1) is 5.52 Å². The first-order valence-corrected chi connectivity index (χ1v) is 5.04. The number of aliphatic hydroxyl groups excluding tert-OH is 1. The van der Waals surface area contributed by atoms with Gasteiger partial charge in [-0.25, -0.2) is 13.6 Å². The van der Waals surface area contributed by atoms with Crippen LogP contribution in [0.2, 0.25) is 0 Å². The highest BCUT2D eigenvalue weighted by Crippen LogP contribution is 2.32. The summed E-state index contributed by atoms with van der Waals surface area (Å²) < 4.78 is 33.1. The Morgan fingerprint density at radius 3 is 2.82 bits per heavy atom. The lowest BCUT2D eigenvalue weighted by molar-refractivity contribution is -0.0268. The zero-order valence-corrected chi connectivity index (χ0v) is 9.11. The van der Waals surface area contributed by atoms with E-state index < -0.39 is 24.7 Å². The summed E-state index contributed by atoms with van der Waals surface area (Å²) in [6, 6.07) is 3.73. The molecule has 2 rings (SSSR count). The Hall–Kier alpha value is -1.69. The second kappa shape index (κ2) is 3.96. The van der Waals surface area contributed by atoms with Crippen LogP contribution in [-0.2, 0) is 13.0 Å². The molecule has 17 heavy (non-hydrogen) atoms. The number of alkyl halides is 2. The quantitative estimate of drug-likeness (QED) is 0.890. The molecule has 1 aromatic carbocycles. The van der Waals surface area contributed by atoms with Gasteiger partial charge in [0.25, 0.3) is 5.92 Å². The van der Waals surface area contributed by atoms with E-state index in [4.69, 9.17) is 9.52 Å². The standard InChI is InChI=1S/C11H11F2NO3/c1-14-8-6-7(11(12,13)4-5-15)2-3-9(8)17-10(14)16/h2-3,6,15H,4-5H2,1H3. The van der Waals surface area contributed by atoms with E-state index in [1.807, 2.05) is 0 Å². The second-order valence-corrected chi connectivity index (χ2v) is 3.79. The highest BCUT2D eigenvalue weighted by molar-refractivity contribution is 5.73. The number of oxazole rings is 1. The molecule has 0 saturated carbocycles. The number of aliphatic hydroxyl groups is 1. The van der Waals surface area contributed by atoms with Gasteiger partial charge >= 0.3 is 5.76 Å². The van der Waals surface area contributed by atoms with Crippen molar-refractivity contribution >= 4 is 11.1 Å². The summed E-state index contributed by atoms with van der Waals surface area (Å²) in [4.78, 5) is 11.2. The molecule has 0 bridgehead atoms. The highest BCUT2D eigenvalue weighted by atomic mass is 19.3. The van der Waals surface area contributed by atoms with Crippen molar-refractivity contribution in [3.63, 3.8) is 0 Å². The van der Waals surface area contributed by atoms with E-state index in [0.29, 0.717) is 5.52 Å². The first-order chi connectivity index (χ1) is 7.95. The molecule has 0 aliphatic heterocycles. The fourth-order valence-electron chi connectivity index (χ4n) is 1.64. The molecule has 0 atom stereocenters. The summed E-state index contributed by atoms with van der Waals surface area (Å²) in [5.41, 5.74) is 0.335. The van der Waals surface area contributed by atoms with Gasteiger partial charge in [0.15, 0.2) is 5.58 Å². The average molecular weight is 243 g/mol. The van der Waals surface area contributed by atoms with Crippen LogP contribution in [0.3, 0.4) is 0 Å². The van der Waals surface area contributed by atoms with Crippen molar-refractivity contribution in [2.75, 3.05) is 6.61 Å². The number of aryl methyl sites for hydroxylation is 1. The lowest BCUT2D eigenvalue weighted by Gasteiger charge is -2.15. The van der Waals surface area contributed by atoms with Crippen molar-refractivity contribution in [1.82, 2.24) is 4.57 Å². The minimum absolute atomic E-state index is 0.240. The number of benzene rings is 1. The van der Waals surface area contributed by atoms with Crippen LogP contribution in [0.15, 0.2) is 27.4 Å². The third kappa shape index (κ3) is 1.95. The molecule has 6 heteroatoms. The molecule has 0 aliphatic rings. The van der Waals surface area contributed by atoms with Crippen LogP contribution in [-0.4, -0.2) is 16.3 Å². The van der Waals surface area contributed by atoms with Gasteiger partial charge in [0.2, 0.25) is 0 Å². The van der Waals surface area contributed by atoms with Gasteiger partial charge in [-0.05, 0) is 18.2 Å². The number of rotatable bonds is 3. The van der Waals surface area contributed by atoms with E-state index in [9.17, 15) is 13.6 Å². The number of nitrogens with zero attached hydrogens (tertiary/aromatic N) is 1. The molecule has 2 aromatic rings. The largest absolute Gasteiger partial charge is 0.419 e. The van der Waals surface area contributed by atoms with Crippen LogP contribution >= 0.6 is 0 Å². The summed E-state index contributed by atoms with van der Waals surface area (Å²) in [5.74, 6) is -3.71. The van der Waals surface area contributed by atoms with Gasteiger partial charge in [0, 0.05) is 25.6 Å². The predicted molar refractivity (Wildman–Crippen MR) is 57.1 cm³/mol. The minimum Gasteiger partial charge on any atom is -0.408 e. The Bertz CT molecular complexity index is 600. The molecule has 92 valence electrons. The number of halogens is 2. The van der Waals surface area contributed by atoms with Gasteiger partial charge in [0.1, 0.15) is 0 Å². The third-order valence-electron chi connectivity index (χ3n) is 2.64. The molecule has 0 unspecified atom stereocenters. The molecule has 0 aliphatic carbocycles. The molecular weight excluding hydrogens is 232 g/mol. The number of aromatic nitrogens is 1. The minimum atomic E-state index is -3.11. The zero-order valence-electron chi connectivity index (χ0n) is 9.11. The predicted octanol–water partition coefficient (Wildman–Crippen LogP) is 1.61. The van der Waals surface area contributed by atoms with Crippen molar-refractivity contribution in [2.24, 2.45) is 7.05 Å². The average Bonchev–Trinajstić information content (AvgIpc) is 2.54. The zero-order chi connectivity index (χ0) is 12.6. The molecule has 0 fully saturated rings. The van der Waals surface area contributed by atoms with Crippen LogP contribution in [0, 0.1) is 0 Å². The van der Waals surface area contributed by atoms with Crippen molar-refractivity contribution < 1.29 is 18.3 Å². The van der Waals surface area contributed by atoms with Crippen molar-refractivity contribution in [2.45, 2.75) is 12.3 Å². The van der Waals surface area contributed by atoms with E-state index in [-0.39, 0.29) is 11.1 Å². The van der Waals surface area contributed by atoms with E-state index in [1.165, 1.54) is 25.2 Å². The Kier molecular flexibility index (Phi) is 2.74. The van der Waals surface area contributed by atoms with Crippen molar-refractivity contribution in [3.05, 3.63) is 34.3 Å². The normalized spacial score (nSPS) is 12.2. The molecule has 4 nitrogen and oxygen atoms in total. The molecule has 0 radical (unpaired) electrons. The number of hydrogen-bond acceptors (Lipinski definition) is 3. The monoisotopic (exact) mass is 243 g/mol. The Balaban J connectivity index is 2.58. The SMILES string of the molecule is Cn1c(=O)oc2ccc(C(F)(F)CCO)cc21. The molecule has 0 amide bonds. The van der Waals surface area contributed by atoms with E-state index in [2.05, 4.69) is 0 Å². The number of hydrogen-bond donors (Lipinski definition) is 1. The van der Waals surface area contributed by atoms with Crippen LogP contribution in [0.25, 0.3) is 11.1 Å². The van der Waals surface area contributed by atoms with Crippen LogP contribution in [0.5, 0.6) is 0 Å². The number of fused-ring (bicyclic) bond motifs is 1. The van der Waals surface area contributed by atoms with Crippen LogP contribution < -0.4 is 5.76 Å².